The summed E-state index contributed by atoms with van der Waals surface area (Å²) in [4.78, 5) is 27.4. The Morgan fingerprint density at radius 3 is 2.70 bits per heavy atom. The smallest absolute Gasteiger partial charge is 0.312 e. The molecule has 0 bridgehead atoms. The van der Waals surface area contributed by atoms with E-state index in [0.717, 1.165) is 17.7 Å². The molecule has 0 radical (unpaired) electrons. The maximum atomic E-state index is 14.0. The highest BCUT2D eigenvalue weighted by molar-refractivity contribution is 5.93. The summed E-state index contributed by atoms with van der Waals surface area (Å²) in [5, 5.41) is 6.54. The minimum absolute atomic E-state index is 0.000140. The third-order valence-corrected chi connectivity index (χ3v) is 5.71. The van der Waals surface area contributed by atoms with Crippen molar-refractivity contribution in [3.05, 3.63) is 77.5 Å². The first-order valence-electron chi connectivity index (χ1n) is 10.5. The molecule has 1 amide bonds. The van der Waals surface area contributed by atoms with E-state index in [2.05, 4.69) is 15.4 Å². The van der Waals surface area contributed by atoms with Crippen molar-refractivity contribution >= 4 is 11.9 Å². The lowest BCUT2D eigenvalue weighted by atomic mass is 9.91. The number of nitrogens with one attached hydrogen (secondary N) is 1. The SMILES string of the molecule is COC(=O)C1CN(Cc2ccccc2)CCC1NC(=O)c1cc(-c2ccc(F)cc2F)on1. The standard InChI is InChI=1S/C24H23F2N3O4/c1-32-24(31)18-14-29(13-15-5-3-2-4-6-15)10-9-20(18)27-23(30)21-12-22(33-28-21)17-8-7-16(25)11-19(17)26/h2-8,11-12,18,20H,9-10,13-14H2,1H3,(H,27,30). The van der Waals surface area contributed by atoms with Crippen LogP contribution in [0.5, 0.6) is 0 Å². The molecule has 0 saturated carbocycles. The minimum atomic E-state index is -0.824. The van der Waals surface area contributed by atoms with Crippen molar-refractivity contribution in [2.24, 2.45) is 5.92 Å². The highest BCUT2D eigenvalue weighted by atomic mass is 19.1. The maximum Gasteiger partial charge on any atom is 0.312 e. The molecule has 1 aliphatic heterocycles. The normalized spacial score (nSPS) is 18.6. The van der Waals surface area contributed by atoms with Crippen molar-refractivity contribution in [1.29, 1.82) is 0 Å². The molecule has 0 aliphatic carbocycles. The molecule has 1 saturated heterocycles. The molecule has 172 valence electrons. The number of carbonyl (C=O) groups is 2. The first-order valence-corrected chi connectivity index (χ1v) is 10.5. The molecular weight excluding hydrogens is 432 g/mol. The molecule has 3 aromatic rings. The number of ether oxygens (including phenoxy) is 1. The number of esters is 1. The van der Waals surface area contributed by atoms with Crippen LogP contribution in [0.3, 0.4) is 0 Å². The number of carbonyl (C=O) groups excluding carboxylic acids is 2. The zero-order valence-electron chi connectivity index (χ0n) is 18.0. The predicted octanol–water partition coefficient (Wildman–Crippen LogP) is 3.41. The summed E-state index contributed by atoms with van der Waals surface area (Å²) in [5.41, 5.74) is 1.06. The number of piperidine rings is 1. The Balaban J connectivity index is 1.44. The van der Waals surface area contributed by atoms with Crippen LogP contribution in [0.25, 0.3) is 11.3 Å². The van der Waals surface area contributed by atoms with Gasteiger partial charge in [0.1, 0.15) is 11.6 Å². The highest BCUT2D eigenvalue weighted by Gasteiger charge is 2.36. The number of methoxy groups -OCH3 is 1. The Morgan fingerprint density at radius 2 is 1.97 bits per heavy atom. The van der Waals surface area contributed by atoms with E-state index in [-0.39, 0.29) is 17.0 Å². The van der Waals surface area contributed by atoms with E-state index in [1.165, 1.54) is 19.2 Å². The van der Waals surface area contributed by atoms with Gasteiger partial charge in [-0.05, 0) is 24.1 Å². The Kier molecular flexibility index (Phi) is 6.79. The van der Waals surface area contributed by atoms with Crippen LogP contribution in [0.15, 0.2) is 59.1 Å². The summed E-state index contributed by atoms with van der Waals surface area (Å²) >= 11 is 0. The van der Waals surface area contributed by atoms with Gasteiger partial charge in [-0.15, -0.1) is 0 Å². The van der Waals surface area contributed by atoms with Gasteiger partial charge in [0.15, 0.2) is 11.5 Å². The van der Waals surface area contributed by atoms with E-state index < -0.39 is 35.5 Å². The number of hydrogen-bond donors (Lipinski definition) is 1. The van der Waals surface area contributed by atoms with Crippen molar-refractivity contribution in [2.75, 3.05) is 20.2 Å². The molecule has 1 N–H and O–H groups in total. The summed E-state index contributed by atoms with van der Waals surface area (Å²) in [6.45, 7) is 1.79. The Hall–Kier alpha value is -3.59. The zero-order chi connectivity index (χ0) is 23.4. The fourth-order valence-electron chi connectivity index (χ4n) is 4.01. The van der Waals surface area contributed by atoms with E-state index in [4.69, 9.17) is 9.26 Å². The van der Waals surface area contributed by atoms with E-state index >= 15 is 0 Å². The zero-order valence-corrected chi connectivity index (χ0v) is 18.0. The van der Waals surface area contributed by atoms with Crippen LogP contribution in [0.1, 0.15) is 22.5 Å². The van der Waals surface area contributed by atoms with Crippen molar-refractivity contribution in [3.63, 3.8) is 0 Å². The van der Waals surface area contributed by atoms with Crippen LogP contribution in [-0.2, 0) is 16.1 Å². The van der Waals surface area contributed by atoms with E-state index in [1.807, 2.05) is 30.3 Å². The number of halogens is 2. The van der Waals surface area contributed by atoms with Crippen molar-refractivity contribution in [2.45, 2.75) is 19.0 Å². The number of rotatable bonds is 6. The molecule has 0 spiro atoms. The fourth-order valence-corrected chi connectivity index (χ4v) is 4.01. The van der Waals surface area contributed by atoms with E-state index in [9.17, 15) is 18.4 Å². The molecule has 2 atom stereocenters. The average molecular weight is 455 g/mol. The Bertz CT molecular complexity index is 1140. The van der Waals surface area contributed by atoms with Crippen LogP contribution in [0.2, 0.25) is 0 Å². The number of hydrogen-bond acceptors (Lipinski definition) is 6. The fraction of sp³-hybridized carbons (Fsp3) is 0.292. The van der Waals surface area contributed by atoms with Gasteiger partial charge in [0.25, 0.3) is 5.91 Å². The summed E-state index contributed by atoms with van der Waals surface area (Å²) in [6.07, 6.45) is 0.537. The van der Waals surface area contributed by atoms with Crippen molar-refractivity contribution < 1.29 is 27.6 Å². The van der Waals surface area contributed by atoms with Crippen molar-refractivity contribution in [3.8, 4) is 11.3 Å². The lowest BCUT2D eigenvalue weighted by molar-refractivity contribution is -0.148. The lowest BCUT2D eigenvalue weighted by Crippen LogP contribution is -2.53. The molecule has 1 fully saturated rings. The Morgan fingerprint density at radius 1 is 1.18 bits per heavy atom. The summed E-state index contributed by atoms with van der Waals surface area (Å²) in [6, 6.07) is 13.8. The van der Waals surface area contributed by atoms with Crippen LogP contribution >= 0.6 is 0 Å². The average Bonchev–Trinajstić information content (AvgIpc) is 3.30. The van der Waals surface area contributed by atoms with Gasteiger partial charge in [-0.2, -0.15) is 0 Å². The second-order valence-electron chi connectivity index (χ2n) is 7.92. The van der Waals surface area contributed by atoms with E-state index in [1.54, 1.807) is 0 Å². The van der Waals surface area contributed by atoms with E-state index in [0.29, 0.717) is 26.1 Å². The van der Waals surface area contributed by atoms with Gasteiger partial charge in [0, 0.05) is 37.8 Å². The second-order valence-corrected chi connectivity index (χ2v) is 7.92. The number of benzene rings is 2. The van der Waals surface area contributed by atoms with Gasteiger partial charge < -0.3 is 14.6 Å². The van der Waals surface area contributed by atoms with Gasteiger partial charge in [0.05, 0.1) is 18.6 Å². The van der Waals surface area contributed by atoms with Crippen LogP contribution < -0.4 is 5.32 Å². The van der Waals surface area contributed by atoms with Gasteiger partial charge in [-0.25, -0.2) is 8.78 Å². The van der Waals surface area contributed by atoms with Crippen LogP contribution in [-0.4, -0.2) is 48.2 Å². The maximum absolute atomic E-state index is 14.0. The van der Waals surface area contributed by atoms with Gasteiger partial charge in [-0.1, -0.05) is 35.5 Å². The Labute approximate surface area is 189 Å². The highest BCUT2D eigenvalue weighted by Crippen LogP contribution is 2.25. The molecule has 9 heteroatoms. The molecule has 2 unspecified atom stereocenters. The number of likely N-dealkylation sites (tertiary alicyclic amines) is 1. The molecule has 2 aromatic carbocycles. The molecule has 1 aliphatic rings. The number of amides is 1. The van der Waals surface area contributed by atoms with Gasteiger partial charge in [0.2, 0.25) is 0 Å². The van der Waals surface area contributed by atoms with Crippen LogP contribution in [0, 0.1) is 17.6 Å². The first-order chi connectivity index (χ1) is 15.9. The second kappa shape index (κ2) is 9.91. The molecule has 33 heavy (non-hydrogen) atoms. The molecular formula is C24H23F2N3O4. The quantitative estimate of drug-likeness (QED) is 0.574. The minimum Gasteiger partial charge on any atom is -0.469 e. The van der Waals surface area contributed by atoms with Crippen LogP contribution in [0.4, 0.5) is 8.78 Å². The molecule has 7 nitrogen and oxygen atoms in total. The predicted molar refractivity (Wildman–Crippen MR) is 115 cm³/mol. The number of nitrogens with zero attached hydrogens (tertiary/aromatic N) is 2. The van der Waals surface area contributed by atoms with Crippen molar-refractivity contribution in [1.82, 2.24) is 15.4 Å². The number of aromatic nitrogens is 1. The first kappa shape index (κ1) is 22.6. The summed E-state index contributed by atoms with van der Waals surface area (Å²) < 4.78 is 37.2. The topological polar surface area (TPSA) is 84.7 Å². The summed E-state index contributed by atoms with van der Waals surface area (Å²) in [5.74, 6) is -3.07. The van der Waals surface area contributed by atoms with Gasteiger partial charge >= 0.3 is 5.97 Å². The van der Waals surface area contributed by atoms with Gasteiger partial charge in [-0.3, -0.25) is 14.5 Å². The molecule has 2 heterocycles. The summed E-state index contributed by atoms with van der Waals surface area (Å²) in [7, 11) is 1.32. The third kappa shape index (κ3) is 5.25. The molecule has 4 rings (SSSR count). The molecule has 1 aromatic heterocycles. The monoisotopic (exact) mass is 455 g/mol. The largest absolute Gasteiger partial charge is 0.469 e. The third-order valence-electron chi connectivity index (χ3n) is 5.71. The lowest BCUT2D eigenvalue weighted by Gasteiger charge is -2.37.